The topological polar surface area (TPSA) is 58.6 Å². The normalized spacial score (nSPS) is 18.8. The number of nitrogens with zero attached hydrogens (tertiary/aromatic N) is 1. The van der Waals surface area contributed by atoms with Gasteiger partial charge in [-0.25, -0.2) is 4.79 Å². The zero-order chi connectivity index (χ0) is 21.6. The van der Waals surface area contributed by atoms with Crippen molar-refractivity contribution in [2.75, 3.05) is 17.6 Å². The van der Waals surface area contributed by atoms with Crippen molar-refractivity contribution in [1.82, 2.24) is 4.90 Å². The third kappa shape index (κ3) is 6.66. The maximum atomic E-state index is 12.7. The Balaban J connectivity index is 1.49. The number of anilines is 1. The third-order valence-corrected chi connectivity index (χ3v) is 6.11. The lowest BCUT2D eigenvalue weighted by Gasteiger charge is -2.28. The van der Waals surface area contributed by atoms with E-state index >= 15 is 0 Å². The van der Waals surface area contributed by atoms with Gasteiger partial charge in [-0.2, -0.15) is 0 Å². The first kappa shape index (κ1) is 22.5. The summed E-state index contributed by atoms with van der Waals surface area (Å²) in [6.45, 7) is 6.05. The van der Waals surface area contributed by atoms with E-state index in [1.165, 1.54) is 16.9 Å². The number of nitrogens with one attached hydrogen (secondary N) is 1. The van der Waals surface area contributed by atoms with Gasteiger partial charge in [-0.05, 0) is 77.1 Å². The Kier molecular flexibility index (Phi) is 7.64. The van der Waals surface area contributed by atoms with Gasteiger partial charge in [-0.3, -0.25) is 9.69 Å². The fraction of sp³-hybridized carbons (Fsp3) is 0.500. The lowest BCUT2D eigenvalue weighted by molar-refractivity contribution is -0.120. The van der Waals surface area contributed by atoms with Crippen LogP contribution in [0.15, 0.2) is 53.0 Å². The molecule has 6 heteroatoms. The number of allylic oxidation sites excluding steroid dienone is 4. The van der Waals surface area contributed by atoms with Gasteiger partial charge in [0, 0.05) is 22.9 Å². The summed E-state index contributed by atoms with van der Waals surface area (Å²) in [6, 6.07) is 7.45. The van der Waals surface area contributed by atoms with Crippen LogP contribution in [0.4, 0.5) is 10.5 Å². The molecule has 1 saturated heterocycles. The molecule has 1 fully saturated rings. The number of likely N-dealkylation sites (tertiary alicyclic amines) is 1. The number of hydrogen-bond donors (Lipinski definition) is 1. The summed E-state index contributed by atoms with van der Waals surface area (Å²) in [7, 11) is 0. The van der Waals surface area contributed by atoms with E-state index in [9.17, 15) is 9.59 Å². The van der Waals surface area contributed by atoms with Crippen LogP contribution in [0.2, 0.25) is 0 Å². The summed E-state index contributed by atoms with van der Waals surface area (Å²) in [6.07, 6.45) is 11.1. The molecule has 2 amide bonds. The number of rotatable bonds is 6. The Bertz CT molecular complexity index is 809. The molecular formula is C24H32N2O3S. The molecule has 1 atom stereocenters. The average molecular weight is 429 g/mol. The largest absolute Gasteiger partial charge is 0.444 e. The molecule has 5 nitrogen and oxygen atoms in total. The fourth-order valence-corrected chi connectivity index (χ4v) is 4.53. The van der Waals surface area contributed by atoms with Crippen LogP contribution in [0.3, 0.4) is 0 Å². The van der Waals surface area contributed by atoms with E-state index in [1.807, 2.05) is 56.8 Å². The predicted octanol–water partition coefficient (Wildman–Crippen LogP) is 5.78. The second-order valence-electron chi connectivity index (χ2n) is 8.74. The van der Waals surface area contributed by atoms with Gasteiger partial charge in [0.1, 0.15) is 11.6 Å². The van der Waals surface area contributed by atoms with Crippen molar-refractivity contribution in [3.8, 4) is 0 Å². The van der Waals surface area contributed by atoms with Crippen molar-refractivity contribution in [2.24, 2.45) is 0 Å². The first-order valence-electron chi connectivity index (χ1n) is 10.7. The minimum Gasteiger partial charge on any atom is -0.444 e. The average Bonchev–Trinajstić information content (AvgIpc) is 3.19. The van der Waals surface area contributed by atoms with Crippen LogP contribution in [0.1, 0.15) is 52.9 Å². The molecule has 1 aliphatic carbocycles. The first-order chi connectivity index (χ1) is 14.3. The number of amides is 2. The highest BCUT2D eigenvalue weighted by atomic mass is 32.2. The minimum absolute atomic E-state index is 0.156. The molecule has 0 saturated carbocycles. The molecule has 0 unspecified atom stereocenters. The Morgan fingerprint density at radius 2 is 2.00 bits per heavy atom. The van der Waals surface area contributed by atoms with Gasteiger partial charge in [0.25, 0.3) is 0 Å². The lowest BCUT2D eigenvalue weighted by atomic mass is 10.0. The maximum Gasteiger partial charge on any atom is 0.410 e. The van der Waals surface area contributed by atoms with Gasteiger partial charge in [0.2, 0.25) is 5.91 Å². The third-order valence-electron chi connectivity index (χ3n) is 5.10. The van der Waals surface area contributed by atoms with Crippen molar-refractivity contribution in [2.45, 2.75) is 69.4 Å². The molecule has 1 aromatic rings. The van der Waals surface area contributed by atoms with Crippen LogP contribution in [0.5, 0.6) is 0 Å². The molecule has 0 spiro atoms. The highest BCUT2D eigenvalue weighted by molar-refractivity contribution is 7.99. The van der Waals surface area contributed by atoms with Crippen LogP contribution < -0.4 is 5.32 Å². The van der Waals surface area contributed by atoms with Gasteiger partial charge in [-0.1, -0.05) is 23.8 Å². The zero-order valence-electron chi connectivity index (χ0n) is 18.1. The molecule has 1 aromatic carbocycles. The summed E-state index contributed by atoms with van der Waals surface area (Å²) in [5.41, 5.74) is 1.69. The smallest absolute Gasteiger partial charge is 0.410 e. The Morgan fingerprint density at radius 1 is 1.23 bits per heavy atom. The number of thioether (sulfide) groups is 1. The van der Waals surface area contributed by atoms with Crippen LogP contribution in [-0.4, -0.2) is 40.8 Å². The van der Waals surface area contributed by atoms with Crippen molar-refractivity contribution in [3.63, 3.8) is 0 Å². The number of hydrogen-bond acceptors (Lipinski definition) is 4. The second kappa shape index (κ2) is 10.2. The molecule has 1 N–H and O–H groups in total. The molecule has 1 heterocycles. The van der Waals surface area contributed by atoms with Gasteiger partial charge in [-0.15, -0.1) is 11.8 Å². The van der Waals surface area contributed by atoms with E-state index in [1.54, 1.807) is 4.90 Å². The first-order valence-corrected chi connectivity index (χ1v) is 11.7. The Labute approximate surface area is 183 Å². The number of ether oxygens (including phenoxy) is 1. The summed E-state index contributed by atoms with van der Waals surface area (Å²) in [4.78, 5) is 27.9. The predicted molar refractivity (Wildman–Crippen MR) is 123 cm³/mol. The van der Waals surface area contributed by atoms with Crippen LogP contribution in [-0.2, 0) is 9.53 Å². The molecule has 1 aliphatic heterocycles. The lowest BCUT2D eigenvalue weighted by Crippen LogP contribution is -2.45. The summed E-state index contributed by atoms with van der Waals surface area (Å²) in [5.74, 6) is 0.897. The van der Waals surface area contributed by atoms with Crippen LogP contribution >= 0.6 is 11.8 Å². The van der Waals surface area contributed by atoms with Crippen molar-refractivity contribution < 1.29 is 14.3 Å². The molecule has 0 bridgehead atoms. The molecule has 162 valence electrons. The van der Waals surface area contributed by atoms with E-state index in [-0.39, 0.29) is 5.91 Å². The van der Waals surface area contributed by atoms with Crippen molar-refractivity contribution in [1.29, 1.82) is 0 Å². The maximum absolute atomic E-state index is 12.7. The van der Waals surface area contributed by atoms with Gasteiger partial charge in [0.05, 0.1) is 0 Å². The Morgan fingerprint density at radius 3 is 2.67 bits per heavy atom. The van der Waals surface area contributed by atoms with Gasteiger partial charge < -0.3 is 10.1 Å². The van der Waals surface area contributed by atoms with Gasteiger partial charge in [0.15, 0.2) is 0 Å². The quantitative estimate of drug-likeness (QED) is 0.583. The highest BCUT2D eigenvalue weighted by Crippen LogP contribution is 2.26. The van der Waals surface area contributed by atoms with E-state index < -0.39 is 17.7 Å². The number of carbonyl (C=O) groups is 2. The molecule has 2 aliphatic rings. The molecule has 30 heavy (non-hydrogen) atoms. The monoisotopic (exact) mass is 428 g/mol. The van der Waals surface area contributed by atoms with Crippen LogP contribution in [0.25, 0.3) is 0 Å². The van der Waals surface area contributed by atoms with Gasteiger partial charge >= 0.3 is 6.09 Å². The van der Waals surface area contributed by atoms with E-state index in [0.717, 1.165) is 30.7 Å². The number of carbonyl (C=O) groups excluding carboxylic acids is 2. The van der Waals surface area contributed by atoms with Crippen LogP contribution in [0, 0.1) is 0 Å². The number of benzene rings is 1. The van der Waals surface area contributed by atoms with Crippen molar-refractivity contribution in [3.05, 3.63) is 48.1 Å². The van der Waals surface area contributed by atoms with E-state index in [0.29, 0.717) is 13.0 Å². The fourth-order valence-electron chi connectivity index (χ4n) is 3.60. The van der Waals surface area contributed by atoms with Crippen molar-refractivity contribution >= 4 is 29.4 Å². The molecular weight excluding hydrogens is 396 g/mol. The zero-order valence-corrected chi connectivity index (χ0v) is 19.0. The summed E-state index contributed by atoms with van der Waals surface area (Å²) >= 11 is 1.83. The van der Waals surface area contributed by atoms with E-state index in [4.69, 9.17) is 4.74 Å². The minimum atomic E-state index is -0.571. The molecule has 0 aromatic heterocycles. The second-order valence-corrected chi connectivity index (χ2v) is 9.90. The highest BCUT2D eigenvalue weighted by Gasteiger charge is 2.36. The molecule has 3 rings (SSSR count). The SMILES string of the molecule is CC(C)(C)OC(=O)N1CCC[C@@H]1C(=O)Nc1ccc(SCCC2=CC=CCC2)cc1. The molecule has 0 radical (unpaired) electrons. The Hall–Kier alpha value is -2.21. The standard InChI is InChI=1S/C24H32N2O3S/c1-24(2,3)29-23(28)26-16-7-10-21(26)22(27)25-19-11-13-20(14-12-19)30-17-15-18-8-5-4-6-9-18/h4-5,8,11-14,21H,6-7,9-10,15-17H2,1-3H3,(H,25,27)/t21-/m1/s1. The summed E-state index contributed by atoms with van der Waals surface area (Å²) in [5, 5.41) is 2.95. The van der Waals surface area contributed by atoms with E-state index in [2.05, 4.69) is 23.5 Å². The summed E-state index contributed by atoms with van der Waals surface area (Å²) < 4.78 is 5.45.